The smallest absolute Gasteiger partial charge is 0.0834 e. The Morgan fingerprint density at radius 1 is 1.37 bits per heavy atom. The first kappa shape index (κ1) is 14.2. The molecule has 1 unspecified atom stereocenters. The second-order valence-corrected chi connectivity index (χ2v) is 5.87. The van der Waals surface area contributed by atoms with Gasteiger partial charge in [0.2, 0.25) is 0 Å². The lowest BCUT2D eigenvalue weighted by atomic mass is 10.1. The van der Waals surface area contributed by atoms with Gasteiger partial charge in [-0.2, -0.15) is 5.10 Å². The lowest BCUT2D eigenvalue weighted by Crippen LogP contribution is -2.18. The number of nitrogens with zero attached hydrogens (tertiary/aromatic N) is 3. The highest BCUT2D eigenvalue weighted by Crippen LogP contribution is 2.16. The van der Waals surface area contributed by atoms with Crippen LogP contribution in [0.2, 0.25) is 0 Å². The van der Waals surface area contributed by atoms with Gasteiger partial charge < -0.3 is 5.73 Å². The van der Waals surface area contributed by atoms with E-state index in [9.17, 15) is 0 Å². The normalized spacial score (nSPS) is 12.7. The van der Waals surface area contributed by atoms with E-state index in [4.69, 9.17) is 5.73 Å². The fourth-order valence-corrected chi connectivity index (χ4v) is 2.39. The lowest BCUT2D eigenvalue weighted by molar-refractivity contribution is 0.644. The zero-order chi connectivity index (χ0) is 14.0. The van der Waals surface area contributed by atoms with Crippen LogP contribution >= 0.6 is 15.9 Å². The van der Waals surface area contributed by atoms with Crippen LogP contribution in [-0.2, 0) is 13.0 Å². The quantitative estimate of drug-likeness (QED) is 0.941. The fourth-order valence-electron chi connectivity index (χ4n) is 2.16. The van der Waals surface area contributed by atoms with Gasteiger partial charge in [0.05, 0.1) is 17.9 Å². The van der Waals surface area contributed by atoms with Crippen LogP contribution in [0.15, 0.2) is 22.8 Å². The van der Waals surface area contributed by atoms with Crippen LogP contribution in [0.3, 0.4) is 0 Å². The third-order valence-corrected chi connectivity index (χ3v) is 3.63. The first-order valence-electron chi connectivity index (χ1n) is 6.36. The Balaban J connectivity index is 2.23. The molecule has 0 amide bonds. The molecular weight excluding hydrogens is 304 g/mol. The van der Waals surface area contributed by atoms with E-state index in [2.05, 4.69) is 32.9 Å². The number of nitrogens with two attached hydrogens (primary N) is 1. The number of hydrogen-bond acceptors (Lipinski definition) is 3. The van der Waals surface area contributed by atoms with Crippen molar-refractivity contribution in [2.45, 2.75) is 39.8 Å². The summed E-state index contributed by atoms with van der Waals surface area (Å²) in [6, 6.07) is 4.16. The Morgan fingerprint density at radius 2 is 2.11 bits per heavy atom. The van der Waals surface area contributed by atoms with Gasteiger partial charge >= 0.3 is 0 Å². The first-order valence-corrected chi connectivity index (χ1v) is 7.15. The molecule has 5 heteroatoms. The van der Waals surface area contributed by atoms with Gasteiger partial charge in [0, 0.05) is 22.4 Å². The van der Waals surface area contributed by atoms with Crippen LogP contribution in [0.5, 0.6) is 0 Å². The highest BCUT2D eigenvalue weighted by Gasteiger charge is 2.13. The Morgan fingerprint density at radius 3 is 2.68 bits per heavy atom. The third-order valence-electron chi connectivity index (χ3n) is 3.16. The van der Waals surface area contributed by atoms with Gasteiger partial charge in [-0.1, -0.05) is 0 Å². The summed E-state index contributed by atoms with van der Waals surface area (Å²) >= 11 is 3.39. The van der Waals surface area contributed by atoms with E-state index in [0.29, 0.717) is 6.54 Å². The van der Waals surface area contributed by atoms with Gasteiger partial charge in [0.1, 0.15) is 0 Å². The number of aromatic nitrogens is 3. The van der Waals surface area contributed by atoms with Crippen LogP contribution in [0.25, 0.3) is 0 Å². The minimum Gasteiger partial charge on any atom is -0.328 e. The lowest BCUT2D eigenvalue weighted by Gasteiger charge is -2.07. The number of aryl methyl sites for hydroxylation is 1. The van der Waals surface area contributed by atoms with E-state index in [0.717, 1.165) is 22.3 Å². The van der Waals surface area contributed by atoms with Crippen molar-refractivity contribution in [3.8, 4) is 0 Å². The van der Waals surface area contributed by atoms with Gasteiger partial charge in [-0.05, 0) is 60.8 Å². The summed E-state index contributed by atoms with van der Waals surface area (Å²) < 4.78 is 2.99. The van der Waals surface area contributed by atoms with Crippen molar-refractivity contribution < 1.29 is 0 Å². The van der Waals surface area contributed by atoms with Crippen molar-refractivity contribution in [3.05, 3.63) is 45.4 Å². The Hall–Kier alpha value is -1.20. The maximum atomic E-state index is 5.89. The second kappa shape index (κ2) is 5.84. The summed E-state index contributed by atoms with van der Waals surface area (Å²) in [5, 5.41) is 4.59. The van der Waals surface area contributed by atoms with E-state index >= 15 is 0 Å². The zero-order valence-electron chi connectivity index (χ0n) is 11.5. The Kier molecular flexibility index (Phi) is 4.37. The standard InChI is InChI=1S/C14H19BrN4/c1-9(16)6-14-10(2)18-19(11(14)3)8-13-5-4-12(15)7-17-13/h4-5,7,9H,6,8,16H2,1-3H3. The monoisotopic (exact) mass is 322 g/mol. The Bertz CT molecular complexity index is 558. The van der Waals surface area contributed by atoms with Gasteiger partial charge in [-0.3, -0.25) is 9.67 Å². The van der Waals surface area contributed by atoms with E-state index < -0.39 is 0 Å². The highest BCUT2D eigenvalue weighted by molar-refractivity contribution is 9.10. The first-order chi connectivity index (χ1) is 8.97. The van der Waals surface area contributed by atoms with Crippen molar-refractivity contribution >= 4 is 15.9 Å². The molecule has 2 aromatic heterocycles. The van der Waals surface area contributed by atoms with Crippen LogP contribution < -0.4 is 5.73 Å². The summed E-state index contributed by atoms with van der Waals surface area (Å²) in [4.78, 5) is 4.38. The highest BCUT2D eigenvalue weighted by atomic mass is 79.9. The van der Waals surface area contributed by atoms with Crippen molar-refractivity contribution in [2.24, 2.45) is 5.73 Å². The summed E-state index contributed by atoms with van der Waals surface area (Å²) in [5.41, 5.74) is 10.4. The molecule has 2 N–H and O–H groups in total. The van der Waals surface area contributed by atoms with Crippen molar-refractivity contribution in [1.29, 1.82) is 0 Å². The van der Waals surface area contributed by atoms with Crippen LogP contribution in [0, 0.1) is 13.8 Å². The van der Waals surface area contributed by atoms with Crippen molar-refractivity contribution in [2.75, 3.05) is 0 Å². The second-order valence-electron chi connectivity index (χ2n) is 4.96. The molecule has 2 aromatic rings. The van der Waals surface area contributed by atoms with E-state index in [-0.39, 0.29) is 6.04 Å². The van der Waals surface area contributed by atoms with Gasteiger partial charge in [-0.15, -0.1) is 0 Å². The molecule has 2 rings (SSSR count). The topological polar surface area (TPSA) is 56.7 Å². The number of halogens is 1. The average Bonchev–Trinajstić information content (AvgIpc) is 2.60. The maximum Gasteiger partial charge on any atom is 0.0834 e. The molecule has 102 valence electrons. The predicted octanol–water partition coefficient (Wildman–Crippen LogP) is 2.60. The molecule has 0 aliphatic rings. The fraction of sp³-hybridized carbons (Fsp3) is 0.429. The van der Waals surface area contributed by atoms with Crippen LogP contribution in [0.4, 0.5) is 0 Å². The zero-order valence-corrected chi connectivity index (χ0v) is 13.1. The van der Waals surface area contributed by atoms with Crippen molar-refractivity contribution in [3.63, 3.8) is 0 Å². The van der Waals surface area contributed by atoms with E-state index in [1.54, 1.807) is 0 Å². The molecule has 0 saturated heterocycles. The van der Waals surface area contributed by atoms with Crippen LogP contribution in [-0.4, -0.2) is 20.8 Å². The maximum absolute atomic E-state index is 5.89. The number of pyridine rings is 1. The molecular formula is C14H19BrN4. The molecule has 4 nitrogen and oxygen atoms in total. The largest absolute Gasteiger partial charge is 0.328 e. The van der Waals surface area contributed by atoms with E-state index in [1.165, 1.54) is 11.3 Å². The molecule has 1 atom stereocenters. The summed E-state index contributed by atoms with van der Waals surface area (Å²) in [6.07, 6.45) is 2.68. The molecule has 0 spiro atoms. The summed E-state index contributed by atoms with van der Waals surface area (Å²) in [7, 11) is 0. The summed E-state index contributed by atoms with van der Waals surface area (Å²) in [5.74, 6) is 0. The molecule has 0 fully saturated rings. The molecule has 0 saturated carbocycles. The van der Waals surface area contributed by atoms with Gasteiger partial charge in [0.25, 0.3) is 0 Å². The molecule has 19 heavy (non-hydrogen) atoms. The third kappa shape index (κ3) is 3.42. The number of hydrogen-bond donors (Lipinski definition) is 1. The molecule has 0 aliphatic carbocycles. The van der Waals surface area contributed by atoms with Gasteiger partial charge in [-0.25, -0.2) is 0 Å². The van der Waals surface area contributed by atoms with Gasteiger partial charge in [0.15, 0.2) is 0 Å². The predicted molar refractivity (Wildman–Crippen MR) is 80.1 cm³/mol. The minimum atomic E-state index is 0.154. The average molecular weight is 323 g/mol. The van der Waals surface area contributed by atoms with Crippen LogP contribution in [0.1, 0.15) is 29.6 Å². The molecule has 0 radical (unpaired) electrons. The minimum absolute atomic E-state index is 0.154. The SMILES string of the molecule is Cc1nn(Cc2ccc(Br)cn2)c(C)c1CC(C)N. The van der Waals surface area contributed by atoms with E-state index in [1.807, 2.05) is 36.9 Å². The summed E-state index contributed by atoms with van der Waals surface area (Å²) in [6.45, 7) is 6.85. The van der Waals surface area contributed by atoms with Crippen molar-refractivity contribution in [1.82, 2.24) is 14.8 Å². The molecule has 0 bridgehead atoms. The molecule has 0 aromatic carbocycles. The number of rotatable bonds is 4. The molecule has 0 aliphatic heterocycles. The Labute approximate surface area is 122 Å². The molecule has 2 heterocycles.